The van der Waals surface area contributed by atoms with E-state index >= 15 is 0 Å². The summed E-state index contributed by atoms with van der Waals surface area (Å²) in [4.78, 5) is 12.4. The third-order valence-electron chi connectivity index (χ3n) is 11.2. The number of unbranched alkanes of at least 4 members (excludes halogenated alkanes) is 5. The molecule has 0 N–H and O–H groups in total. The number of carbonyl (C=O) groups excluding carboxylic acids is 1. The molecule has 8 unspecified atom stereocenters. The first kappa shape index (κ1) is 27.7. The Bertz CT molecular complexity index is 746. The van der Waals surface area contributed by atoms with Gasteiger partial charge in [0.25, 0.3) is 0 Å². The van der Waals surface area contributed by atoms with Gasteiger partial charge in [0.05, 0.1) is 0 Å². The molecule has 35 heavy (non-hydrogen) atoms. The smallest absolute Gasteiger partial charge is 0.320 e. The molecule has 4 rings (SSSR count). The Hall–Kier alpha value is -0.310. The molecule has 0 saturated heterocycles. The van der Waals surface area contributed by atoms with E-state index in [0.717, 1.165) is 49.4 Å². The Kier molecular flexibility index (Phi) is 9.53. The van der Waals surface area contributed by atoms with Crippen molar-refractivity contribution >= 4 is 21.9 Å². The van der Waals surface area contributed by atoms with Crippen LogP contribution in [0.3, 0.4) is 0 Å². The molecule has 0 radical (unpaired) electrons. The van der Waals surface area contributed by atoms with E-state index in [9.17, 15) is 4.79 Å². The topological polar surface area (TPSA) is 26.3 Å². The molecule has 0 aromatic carbocycles. The molecule has 200 valence electrons. The number of rotatable bonds is 11. The Morgan fingerprint density at radius 1 is 1.00 bits per heavy atom. The first-order valence-electron chi connectivity index (χ1n) is 15.4. The van der Waals surface area contributed by atoms with E-state index in [4.69, 9.17) is 4.74 Å². The van der Waals surface area contributed by atoms with Gasteiger partial charge in [0, 0.05) is 6.42 Å². The Labute approximate surface area is 224 Å². The number of hydrogen-bond acceptors (Lipinski definition) is 2. The minimum atomic E-state index is -0.145. The average molecular weight is 550 g/mol. The lowest BCUT2D eigenvalue weighted by Crippen LogP contribution is -2.50. The van der Waals surface area contributed by atoms with E-state index in [1.165, 1.54) is 83.5 Å². The molecule has 2 nitrogen and oxygen atoms in total. The lowest BCUT2D eigenvalue weighted by Gasteiger charge is -2.58. The van der Waals surface area contributed by atoms with Crippen molar-refractivity contribution in [1.82, 2.24) is 0 Å². The number of ether oxygens (including phenoxy) is 1. The Morgan fingerprint density at radius 2 is 1.77 bits per heavy atom. The fourth-order valence-electron chi connectivity index (χ4n) is 9.09. The molecule has 0 amide bonds. The summed E-state index contributed by atoms with van der Waals surface area (Å²) in [6.45, 7) is 9.69. The Morgan fingerprint density at radius 3 is 2.54 bits per heavy atom. The molecule has 0 bridgehead atoms. The summed E-state index contributed by atoms with van der Waals surface area (Å²) in [6, 6.07) is 0. The second kappa shape index (κ2) is 12.0. The fourth-order valence-corrected chi connectivity index (χ4v) is 9.66. The van der Waals surface area contributed by atoms with Crippen LogP contribution in [0.4, 0.5) is 0 Å². The maximum absolute atomic E-state index is 12.5. The molecule has 0 heterocycles. The summed E-state index contributed by atoms with van der Waals surface area (Å²) in [6.07, 6.45) is 24.9. The monoisotopic (exact) mass is 548 g/mol. The highest BCUT2D eigenvalue weighted by molar-refractivity contribution is 9.10. The van der Waals surface area contributed by atoms with Crippen LogP contribution in [0.25, 0.3) is 0 Å². The predicted octanol–water partition coefficient (Wildman–Crippen LogP) is 9.79. The Balaban J connectivity index is 1.36. The predicted molar refractivity (Wildman–Crippen MR) is 151 cm³/mol. The largest absolute Gasteiger partial charge is 0.461 e. The van der Waals surface area contributed by atoms with E-state index in [-0.39, 0.29) is 16.9 Å². The number of hydrogen-bond donors (Lipinski definition) is 0. The van der Waals surface area contributed by atoms with Crippen molar-refractivity contribution in [2.45, 2.75) is 148 Å². The highest BCUT2D eigenvalue weighted by Crippen LogP contribution is 2.66. The molecule has 3 fully saturated rings. The van der Waals surface area contributed by atoms with E-state index < -0.39 is 0 Å². The number of esters is 1. The molecule has 4 aliphatic rings. The van der Waals surface area contributed by atoms with Crippen LogP contribution in [0.15, 0.2) is 11.6 Å². The number of alkyl halides is 1. The fraction of sp³-hybridized carbons (Fsp3) is 0.906. The van der Waals surface area contributed by atoms with Gasteiger partial charge in [-0.1, -0.05) is 100 Å². The van der Waals surface area contributed by atoms with E-state index in [0.29, 0.717) is 10.8 Å². The molecule has 0 aromatic rings. The summed E-state index contributed by atoms with van der Waals surface area (Å²) < 4.78 is 5.98. The van der Waals surface area contributed by atoms with Crippen LogP contribution in [0.1, 0.15) is 137 Å². The highest BCUT2D eigenvalue weighted by Gasteiger charge is 2.58. The summed E-state index contributed by atoms with van der Waals surface area (Å²) in [5.41, 5.74) is 2.54. The highest BCUT2D eigenvalue weighted by atomic mass is 79.9. The molecule has 0 spiro atoms. The maximum atomic E-state index is 12.5. The minimum absolute atomic E-state index is 0.0504. The van der Waals surface area contributed by atoms with Crippen molar-refractivity contribution < 1.29 is 9.53 Å². The number of allylic oxidation sites excluding steroid dienone is 1. The number of halogens is 1. The van der Waals surface area contributed by atoms with Gasteiger partial charge >= 0.3 is 5.97 Å². The third-order valence-corrected chi connectivity index (χ3v) is 12.1. The van der Waals surface area contributed by atoms with Crippen molar-refractivity contribution in [1.29, 1.82) is 0 Å². The summed E-state index contributed by atoms with van der Waals surface area (Å²) in [5, 5.41) is 0. The first-order valence-corrected chi connectivity index (χ1v) is 16.3. The van der Waals surface area contributed by atoms with Gasteiger partial charge in [-0.05, 0) is 92.3 Å². The van der Waals surface area contributed by atoms with Gasteiger partial charge in [0.15, 0.2) is 0 Å². The molecule has 0 aromatic heterocycles. The van der Waals surface area contributed by atoms with Gasteiger partial charge in [0.1, 0.15) is 10.9 Å². The van der Waals surface area contributed by atoms with Crippen molar-refractivity contribution in [3.63, 3.8) is 0 Å². The van der Waals surface area contributed by atoms with Crippen molar-refractivity contribution in [3.05, 3.63) is 11.6 Å². The van der Waals surface area contributed by atoms with Gasteiger partial charge in [-0.2, -0.15) is 0 Å². The van der Waals surface area contributed by atoms with Crippen molar-refractivity contribution in [2.24, 2.45) is 34.5 Å². The zero-order valence-corrected chi connectivity index (χ0v) is 24.8. The molecule has 8 atom stereocenters. The van der Waals surface area contributed by atoms with Gasteiger partial charge in [-0.25, -0.2) is 0 Å². The molecule has 0 aliphatic heterocycles. The van der Waals surface area contributed by atoms with Crippen LogP contribution in [-0.2, 0) is 9.53 Å². The van der Waals surface area contributed by atoms with Crippen LogP contribution < -0.4 is 0 Å². The molecular formula is C32H53BrO2. The van der Waals surface area contributed by atoms with E-state index in [1.807, 2.05) is 0 Å². The van der Waals surface area contributed by atoms with Gasteiger partial charge in [0.2, 0.25) is 0 Å². The zero-order valence-electron chi connectivity index (χ0n) is 23.3. The molecule has 3 heteroatoms. The zero-order chi connectivity index (χ0) is 25.1. The quantitative estimate of drug-likeness (QED) is 0.111. The van der Waals surface area contributed by atoms with Crippen LogP contribution >= 0.6 is 15.9 Å². The minimum Gasteiger partial charge on any atom is -0.461 e. The van der Waals surface area contributed by atoms with E-state index in [1.54, 1.807) is 5.57 Å². The first-order chi connectivity index (χ1) is 16.8. The second-order valence-corrected chi connectivity index (χ2v) is 14.3. The lowest BCUT2D eigenvalue weighted by molar-refractivity contribution is -0.150. The molecule has 4 aliphatic carbocycles. The summed E-state index contributed by atoms with van der Waals surface area (Å²) in [7, 11) is 0. The van der Waals surface area contributed by atoms with Gasteiger partial charge in [-0.3, -0.25) is 4.79 Å². The average Bonchev–Trinajstić information content (AvgIpc) is 3.18. The SMILES string of the molecule is CCCCCCCCC1CCC2C3CC=C4CC(OC(=O)C(Br)CCC)CCC4(C)C3CCC12C. The third kappa shape index (κ3) is 5.75. The van der Waals surface area contributed by atoms with Gasteiger partial charge in [-0.15, -0.1) is 0 Å². The van der Waals surface area contributed by atoms with E-state index in [2.05, 4.69) is 49.7 Å². The van der Waals surface area contributed by atoms with Crippen LogP contribution in [0.5, 0.6) is 0 Å². The molecular weight excluding hydrogens is 496 g/mol. The maximum Gasteiger partial charge on any atom is 0.320 e. The summed E-state index contributed by atoms with van der Waals surface area (Å²) in [5.74, 6) is 3.57. The second-order valence-electron chi connectivity index (χ2n) is 13.2. The lowest BCUT2D eigenvalue weighted by atomic mass is 9.47. The standard InChI is InChI=1S/C32H53BrO2/c1-5-7-8-9-10-11-13-23-15-17-27-26-16-14-24-22-25(35-30(34)29(33)12-6-2)18-20-32(24,4)28(26)19-21-31(23,27)3/h14,23,25-29H,5-13,15-22H2,1-4H3. The van der Waals surface area contributed by atoms with Crippen molar-refractivity contribution in [3.8, 4) is 0 Å². The number of fused-ring (bicyclic) bond motifs is 5. The van der Waals surface area contributed by atoms with Crippen LogP contribution in [-0.4, -0.2) is 16.9 Å². The summed E-state index contributed by atoms with van der Waals surface area (Å²) >= 11 is 3.53. The van der Waals surface area contributed by atoms with Crippen LogP contribution in [0.2, 0.25) is 0 Å². The van der Waals surface area contributed by atoms with Crippen molar-refractivity contribution in [2.75, 3.05) is 0 Å². The van der Waals surface area contributed by atoms with Crippen LogP contribution in [0, 0.1) is 34.5 Å². The van der Waals surface area contributed by atoms with Gasteiger partial charge < -0.3 is 4.74 Å². The molecule has 3 saturated carbocycles. The number of carbonyl (C=O) groups is 1. The normalized spacial score (nSPS) is 39.2.